The summed E-state index contributed by atoms with van der Waals surface area (Å²) >= 11 is 0. The van der Waals surface area contributed by atoms with Gasteiger partial charge in [0.25, 0.3) is 0 Å². The number of nitriles is 1. The molecule has 0 aromatic heterocycles. The van der Waals surface area contributed by atoms with Gasteiger partial charge >= 0.3 is 5.69 Å². The van der Waals surface area contributed by atoms with Gasteiger partial charge in [-0.1, -0.05) is 0 Å². The Balaban J connectivity index is 3.60. The molecular weight excluding hydrogens is 200 g/mol. The summed E-state index contributed by atoms with van der Waals surface area (Å²) < 4.78 is 4.74. The Morgan fingerprint density at radius 2 is 2.27 bits per heavy atom. The molecule has 0 atom stereocenters. The van der Waals surface area contributed by atoms with Crippen LogP contribution in [0.1, 0.15) is 15.9 Å². The lowest BCUT2D eigenvalue weighted by Gasteiger charge is -2.03. The minimum absolute atomic E-state index is 0.0231. The molecule has 1 aromatic rings. The predicted molar refractivity (Wildman–Crippen MR) is 49.8 cm³/mol. The van der Waals surface area contributed by atoms with Gasteiger partial charge in [0.05, 0.1) is 12.0 Å². The van der Waals surface area contributed by atoms with E-state index < -0.39 is 10.6 Å². The molecule has 6 heteroatoms. The van der Waals surface area contributed by atoms with Gasteiger partial charge in [0, 0.05) is 5.56 Å². The summed E-state index contributed by atoms with van der Waals surface area (Å²) in [5.74, 6) is -0.0397. The van der Waals surface area contributed by atoms with Gasteiger partial charge in [-0.15, -0.1) is 0 Å². The molecule has 76 valence electrons. The largest absolute Gasteiger partial charge is 0.490 e. The molecule has 0 heterocycles. The minimum atomic E-state index is -0.746. The highest BCUT2D eigenvalue weighted by molar-refractivity contribution is 5.83. The number of rotatable bonds is 3. The standard InChI is InChI=1S/C9H6N2O4/c1-15-8-3-2-6(5-12)7(4-10)9(8)11(13)14/h2-3,5H,1H3. The molecule has 0 spiro atoms. The van der Waals surface area contributed by atoms with E-state index in [1.54, 1.807) is 6.07 Å². The number of nitro groups is 1. The lowest BCUT2D eigenvalue weighted by Crippen LogP contribution is -2.00. The zero-order valence-electron chi connectivity index (χ0n) is 7.76. The van der Waals surface area contributed by atoms with Crippen LogP contribution in [0.15, 0.2) is 12.1 Å². The van der Waals surface area contributed by atoms with Gasteiger partial charge in [-0.3, -0.25) is 14.9 Å². The molecule has 0 bridgehead atoms. The fraction of sp³-hybridized carbons (Fsp3) is 0.111. The summed E-state index contributed by atoms with van der Waals surface area (Å²) in [7, 11) is 1.25. The van der Waals surface area contributed by atoms with Gasteiger partial charge in [0.15, 0.2) is 12.0 Å². The SMILES string of the molecule is COc1ccc(C=O)c(C#N)c1[N+](=O)[O-]. The summed E-state index contributed by atoms with van der Waals surface area (Å²) in [4.78, 5) is 20.5. The van der Waals surface area contributed by atoms with Gasteiger partial charge in [-0.25, -0.2) is 0 Å². The fourth-order valence-electron chi connectivity index (χ4n) is 1.15. The van der Waals surface area contributed by atoms with Crippen molar-refractivity contribution in [3.05, 3.63) is 33.4 Å². The summed E-state index contributed by atoms with van der Waals surface area (Å²) in [6.45, 7) is 0. The van der Waals surface area contributed by atoms with Crippen LogP contribution in [0.3, 0.4) is 0 Å². The second-order valence-electron chi connectivity index (χ2n) is 2.57. The van der Waals surface area contributed by atoms with E-state index in [1.807, 2.05) is 0 Å². The molecule has 0 radical (unpaired) electrons. The third-order valence-corrected chi connectivity index (χ3v) is 1.81. The van der Waals surface area contributed by atoms with E-state index in [2.05, 4.69) is 0 Å². The third kappa shape index (κ3) is 1.76. The van der Waals surface area contributed by atoms with E-state index in [0.717, 1.165) is 0 Å². The zero-order chi connectivity index (χ0) is 11.4. The Morgan fingerprint density at radius 1 is 1.60 bits per heavy atom. The maximum atomic E-state index is 10.7. The van der Waals surface area contributed by atoms with E-state index in [9.17, 15) is 14.9 Å². The first-order valence-electron chi connectivity index (χ1n) is 3.86. The fourth-order valence-corrected chi connectivity index (χ4v) is 1.15. The summed E-state index contributed by atoms with van der Waals surface area (Å²) in [5.41, 5.74) is -0.788. The van der Waals surface area contributed by atoms with Gasteiger partial charge in [0.1, 0.15) is 11.6 Å². The van der Waals surface area contributed by atoms with Crippen LogP contribution < -0.4 is 4.74 Å². The summed E-state index contributed by atoms with van der Waals surface area (Å²) in [5, 5.41) is 19.4. The van der Waals surface area contributed by atoms with Gasteiger partial charge in [-0.05, 0) is 12.1 Å². The van der Waals surface area contributed by atoms with Crippen molar-refractivity contribution < 1.29 is 14.5 Å². The molecule has 0 N–H and O–H groups in total. The average molecular weight is 206 g/mol. The van der Waals surface area contributed by atoms with Crippen molar-refractivity contribution in [2.24, 2.45) is 0 Å². The monoisotopic (exact) mass is 206 g/mol. The third-order valence-electron chi connectivity index (χ3n) is 1.81. The van der Waals surface area contributed by atoms with Crippen LogP contribution in [0.2, 0.25) is 0 Å². The highest BCUT2D eigenvalue weighted by Gasteiger charge is 2.23. The maximum absolute atomic E-state index is 10.7. The van der Waals surface area contributed by atoms with E-state index in [-0.39, 0.29) is 16.9 Å². The molecule has 0 saturated heterocycles. The molecular formula is C9H6N2O4. The Morgan fingerprint density at radius 3 is 2.67 bits per heavy atom. The predicted octanol–water partition coefficient (Wildman–Crippen LogP) is 1.29. The smallest absolute Gasteiger partial charge is 0.329 e. The molecule has 1 aromatic carbocycles. The van der Waals surface area contributed by atoms with Crippen LogP contribution in [-0.2, 0) is 0 Å². The summed E-state index contributed by atoms with van der Waals surface area (Å²) in [6.07, 6.45) is 0.394. The number of aldehydes is 1. The normalized spacial score (nSPS) is 9.07. The molecule has 0 aliphatic rings. The first-order chi connectivity index (χ1) is 7.15. The highest BCUT2D eigenvalue weighted by Crippen LogP contribution is 2.31. The number of benzene rings is 1. The zero-order valence-corrected chi connectivity index (χ0v) is 7.76. The minimum Gasteiger partial charge on any atom is -0.490 e. The first kappa shape index (κ1) is 10.7. The number of methoxy groups -OCH3 is 1. The molecule has 0 unspecified atom stereocenters. The molecule has 6 nitrogen and oxygen atoms in total. The molecule has 0 aliphatic heterocycles. The van der Waals surface area contributed by atoms with Crippen molar-refractivity contribution in [3.63, 3.8) is 0 Å². The number of hydrogen-bond donors (Lipinski definition) is 0. The van der Waals surface area contributed by atoms with E-state index in [1.165, 1.54) is 19.2 Å². The number of carbonyl (C=O) groups excluding carboxylic acids is 1. The lowest BCUT2D eigenvalue weighted by molar-refractivity contribution is -0.386. The molecule has 0 saturated carbocycles. The Kier molecular flexibility index (Phi) is 2.98. The van der Waals surface area contributed by atoms with Crippen molar-refractivity contribution in [1.82, 2.24) is 0 Å². The molecule has 0 amide bonds. The number of nitro benzene ring substituents is 1. The number of nitrogens with zero attached hydrogens (tertiary/aromatic N) is 2. The highest BCUT2D eigenvalue weighted by atomic mass is 16.6. The van der Waals surface area contributed by atoms with Crippen molar-refractivity contribution >= 4 is 12.0 Å². The summed E-state index contributed by atoms with van der Waals surface area (Å²) in [6, 6.07) is 4.20. The van der Waals surface area contributed by atoms with Crippen LogP contribution >= 0.6 is 0 Å². The van der Waals surface area contributed by atoms with Gasteiger partial charge < -0.3 is 4.74 Å². The number of hydrogen-bond acceptors (Lipinski definition) is 5. The number of ether oxygens (including phenoxy) is 1. The Bertz CT molecular complexity index is 462. The second-order valence-corrected chi connectivity index (χ2v) is 2.57. The second kappa shape index (κ2) is 4.19. The molecule has 15 heavy (non-hydrogen) atoms. The average Bonchev–Trinajstić information content (AvgIpc) is 2.26. The topological polar surface area (TPSA) is 93.2 Å². The quantitative estimate of drug-likeness (QED) is 0.422. The van der Waals surface area contributed by atoms with Crippen LogP contribution in [0, 0.1) is 21.4 Å². The van der Waals surface area contributed by atoms with Crippen molar-refractivity contribution in [2.75, 3.05) is 7.11 Å². The van der Waals surface area contributed by atoms with Crippen LogP contribution in [0.4, 0.5) is 5.69 Å². The van der Waals surface area contributed by atoms with Gasteiger partial charge in [0.2, 0.25) is 0 Å². The first-order valence-corrected chi connectivity index (χ1v) is 3.86. The van der Waals surface area contributed by atoms with Crippen molar-refractivity contribution in [3.8, 4) is 11.8 Å². The lowest BCUT2D eigenvalue weighted by atomic mass is 10.1. The number of carbonyl (C=O) groups is 1. The van der Waals surface area contributed by atoms with Gasteiger partial charge in [-0.2, -0.15) is 5.26 Å². The van der Waals surface area contributed by atoms with E-state index in [4.69, 9.17) is 10.00 Å². The Hall–Kier alpha value is -2.42. The Labute approximate surface area is 84.8 Å². The molecule has 1 rings (SSSR count). The van der Waals surface area contributed by atoms with Crippen LogP contribution in [0.25, 0.3) is 0 Å². The van der Waals surface area contributed by atoms with Crippen molar-refractivity contribution in [1.29, 1.82) is 5.26 Å². The van der Waals surface area contributed by atoms with Crippen LogP contribution in [-0.4, -0.2) is 18.3 Å². The maximum Gasteiger partial charge on any atom is 0.329 e. The van der Waals surface area contributed by atoms with Crippen molar-refractivity contribution in [2.45, 2.75) is 0 Å². The molecule has 0 aliphatic carbocycles. The van der Waals surface area contributed by atoms with E-state index >= 15 is 0 Å². The van der Waals surface area contributed by atoms with Crippen LogP contribution in [0.5, 0.6) is 5.75 Å². The molecule has 0 fully saturated rings. The van der Waals surface area contributed by atoms with E-state index in [0.29, 0.717) is 6.29 Å².